The maximum atomic E-state index is 11.7. The molecule has 0 saturated carbocycles. The van der Waals surface area contributed by atoms with E-state index in [2.05, 4.69) is 24.5 Å². The van der Waals surface area contributed by atoms with Crippen molar-refractivity contribution >= 4 is 32.5 Å². The topological polar surface area (TPSA) is 104 Å². The van der Waals surface area contributed by atoms with E-state index in [1.54, 1.807) is 35.6 Å². The van der Waals surface area contributed by atoms with Gasteiger partial charge < -0.3 is 15.5 Å². The lowest BCUT2D eigenvalue weighted by atomic mass is 10.2. The van der Waals surface area contributed by atoms with Crippen molar-refractivity contribution < 1.29 is 8.42 Å². The number of rotatable bonds is 5. The molecule has 0 unspecified atom stereocenters. The number of hydrogen-bond acceptors (Lipinski definition) is 6. The first kappa shape index (κ1) is 18.6. The molecule has 2 heterocycles. The summed E-state index contributed by atoms with van der Waals surface area (Å²) in [4.78, 5) is 13.3. The van der Waals surface area contributed by atoms with Crippen LogP contribution in [0.1, 0.15) is 5.56 Å². The molecule has 1 aromatic heterocycles. The maximum Gasteiger partial charge on any atom is 0.240 e. The summed E-state index contributed by atoms with van der Waals surface area (Å²) < 4.78 is 25.7. The minimum Gasteiger partial charge on any atom is -0.370 e. The van der Waals surface area contributed by atoms with Crippen molar-refractivity contribution in [3.8, 4) is 0 Å². The van der Waals surface area contributed by atoms with Gasteiger partial charge in [-0.3, -0.25) is 0 Å². The highest BCUT2D eigenvalue weighted by Gasteiger charge is 2.19. The summed E-state index contributed by atoms with van der Waals surface area (Å²) in [6.07, 6.45) is 1.81. The SMILES string of the molecule is CNS(=O)(=O)c1ccc(CN=C(N)N2CCN(c3nccs3)CC2)cc1. The van der Waals surface area contributed by atoms with Crippen molar-refractivity contribution in [1.29, 1.82) is 0 Å². The number of piperazine rings is 1. The summed E-state index contributed by atoms with van der Waals surface area (Å²) in [6.45, 7) is 3.74. The van der Waals surface area contributed by atoms with Gasteiger partial charge in [-0.15, -0.1) is 11.3 Å². The van der Waals surface area contributed by atoms with E-state index in [9.17, 15) is 8.42 Å². The zero-order valence-corrected chi connectivity index (χ0v) is 16.1. The van der Waals surface area contributed by atoms with E-state index in [4.69, 9.17) is 5.73 Å². The van der Waals surface area contributed by atoms with Crippen molar-refractivity contribution in [3.05, 3.63) is 41.4 Å². The number of sulfonamides is 1. The molecule has 1 fully saturated rings. The third kappa shape index (κ3) is 4.32. The average molecular weight is 395 g/mol. The molecule has 2 aromatic rings. The third-order valence-corrected chi connectivity index (χ3v) is 6.48. The standard InChI is InChI=1S/C16H22N6O2S2/c1-18-26(23,24)14-4-2-13(3-5-14)12-20-15(17)21-7-9-22(10-8-21)16-19-6-11-25-16/h2-6,11,18H,7-10,12H2,1H3,(H2,17,20). The fourth-order valence-electron chi connectivity index (χ4n) is 2.66. The monoisotopic (exact) mass is 394 g/mol. The van der Waals surface area contributed by atoms with Crippen LogP contribution in [0.2, 0.25) is 0 Å². The number of anilines is 1. The summed E-state index contributed by atoms with van der Waals surface area (Å²) in [7, 11) is -2.02. The molecule has 0 radical (unpaired) electrons. The van der Waals surface area contributed by atoms with Crippen molar-refractivity contribution in [1.82, 2.24) is 14.6 Å². The Balaban J connectivity index is 1.56. The smallest absolute Gasteiger partial charge is 0.240 e. The molecule has 0 amide bonds. The van der Waals surface area contributed by atoms with Gasteiger partial charge in [0.25, 0.3) is 0 Å². The molecule has 0 aliphatic carbocycles. The lowest BCUT2D eigenvalue weighted by Crippen LogP contribution is -2.51. The Morgan fingerprint density at radius 1 is 1.27 bits per heavy atom. The predicted molar refractivity (Wildman–Crippen MR) is 104 cm³/mol. The molecule has 1 aliphatic rings. The van der Waals surface area contributed by atoms with Crippen molar-refractivity contribution in [2.24, 2.45) is 10.7 Å². The van der Waals surface area contributed by atoms with Crippen LogP contribution < -0.4 is 15.4 Å². The van der Waals surface area contributed by atoms with Crippen molar-refractivity contribution in [2.45, 2.75) is 11.4 Å². The zero-order chi connectivity index (χ0) is 18.6. The van der Waals surface area contributed by atoms with Crippen LogP contribution in [-0.2, 0) is 16.6 Å². The first-order valence-electron chi connectivity index (χ1n) is 8.21. The Morgan fingerprint density at radius 2 is 1.96 bits per heavy atom. The molecular weight excluding hydrogens is 372 g/mol. The maximum absolute atomic E-state index is 11.7. The van der Waals surface area contributed by atoms with Crippen LogP contribution in [0, 0.1) is 0 Å². The molecule has 1 saturated heterocycles. The van der Waals surface area contributed by atoms with Crippen LogP contribution >= 0.6 is 11.3 Å². The zero-order valence-electron chi connectivity index (χ0n) is 14.5. The molecule has 26 heavy (non-hydrogen) atoms. The van der Waals surface area contributed by atoms with Crippen LogP contribution in [0.5, 0.6) is 0 Å². The van der Waals surface area contributed by atoms with Crippen LogP contribution in [0.25, 0.3) is 0 Å². The van der Waals surface area contributed by atoms with Gasteiger partial charge in [-0.2, -0.15) is 0 Å². The van der Waals surface area contributed by atoms with Gasteiger partial charge in [-0.1, -0.05) is 12.1 Å². The van der Waals surface area contributed by atoms with E-state index < -0.39 is 10.0 Å². The number of thiazole rings is 1. The number of nitrogens with one attached hydrogen (secondary N) is 1. The average Bonchev–Trinajstić information content (AvgIpc) is 3.21. The van der Waals surface area contributed by atoms with Crippen LogP contribution in [0.3, 0.4) is 0 Å². The molecule has 1 aliphatic heterocycles. The van der Waals surface area contributed by atoms with Gasteiger partial charge in [-0.05, 0) is 24.7 Å². The second-order valence-electron chi connectivity index (χ2n) is 5.81. The summed E-state index contributed by atoms with van der Waals surface area (Å²) in [5.41, 5.74) is 7.03. The summed E-state index contributed by atoms with van der Waals surface area (Å²) in [5.74, 6) is 0.510. The van der Waals surface area contributed by atoms with Crippen molar-refractivity contribution in [3.63, 3.8) is 0 Å². The quantitative estimate of drug-likeness (QED) is 0.571. The largest absolute Gasteiger partial charge is 0.370 e. The molecule has 0 bridgehead atoms. The number of aromatic nitrogens is 1. The number of benzene rings is 1. The second-order valence-corrected chi connectivity index (χ2v) is 8.57. The fourth-order valence-corrected chi connectivity index (χ4v) is 4.09. The molecule has 3 N–H and O–H groups in total. The van der Waals surface area contributed by atoms with Gasteiger partial charge in [0, 0.05) is 37.8 Å². The first-order chi connectivity index (χ1) is 12.5. The lowest BCUT2D eigenvalue weighted by molar-refractivity contribution is 0.380. The van der Waals surface area contributed by atoms with E-state index in [0.29, 0.717) is 12.5 Å². The van der Waals surface area contributed by atoms with Gasteiger partial charge in [0.05, 0.1) is 11.4 Å². The van der Waals surface area contributed by atoms with Crippen molar-refractivity contribution in [2.75, 3.05) is 38.1 Å². The van der Waals surface area contributed by atoms with E-state index in [0.717, 1.165) is 36.9 Å². The van der Waals surface area contributed by atoms with Gasteiger partial charge in [-0.25, -0.2) is 23.1 Å². The number of nitrogens with zero attached hydrogens (tertiary/aromatic N) is 4. The molecule has 8 nitrogen and oxygen atoms in total. The van der Waals surface area contributed by atoms with Crippen LogP contribution in [0.4, 0.5) is 5.13 Å². The molecule has 10 heteroatoms. The Morgan fingerprint density at radius 3 is 2.54 bits per heavy atom. The van der Waals surface area contributed by atoms with Gasteiger partial charge in [0.15, 0.2) is 11.1 Å². The number of aliphatic imine (C=N–C) groups is 1. The molecular formula is C16H22N6O2S2. The normalized spacial score (nSPS) is 16.1. The fraction of sp³-hybridized carbons (Fsp3) is 0.375. The Kier molecular flexibility index (Phi) is 5.74. The van der Waals surface area contributed by atoms with Crippen LogP contribution in [-0.4, -0.2) is 57.5 Å². The van der Waals surface area contributed by atoms with Gasteiger partial charge >= 0.3 is 0 Å². The number of nitrogens with two attached hydrogens (primary N) is 1. The Bertz CT molecular complexity index is 841. The second kappa shape index (κ2) is 8.02. The molecule has 140 valence electrons. The first-order valence-corrected chi connectivity index (χ1v) is 10.6. The van der Waals surface area contributed by atoms with E-state index in [1.807, 2.05) is 11.6 Å². The van der Waals surface area contributed by atoms with Gasteiger partial charge in [0.1, 0.15) is 0 Å². The van der Waals surface area contributed by atoms with Crippen LogP contribution in [0.15, 0.2) is 45.7 Å². The highest BCUT2D eigenvalue weighted by atomic mass is 32.2. The van der Waals surface area contributed by atoms with E-state index in [-0.39, 0.29) is 4.90 Å². The molecule has 3 rings (SSSR count). The highest BCUT2D eigenvalue weighted by molar-refractivity contribution is 7.89. The summed E-state index contributed by atoms with van der Waals surface area (Å²) in [5, 5.41) is 3.02. The van der Waals surface area contributed by atoms with Gasteiger partial charge in [0.2, 0.25) is 10.0 Å². The molecule has 0 atom stereocenters. The minimum absolute atomic E-state index is 0.235. The number of guanidine groups is 1. The van der Waals surface area contributed by atoms with E-state index in [1.165, 1.54) is 7.05 Å². The minimum atomic E-state index is -3.41. The molecule has 0 spiro atoms. The third-order valence-electron chi connectivity index (χ3n) is 4.22. The predicted octanol–water partition coefficient (Wildman–Crippen LogP) is 0.688. The summed E-state index contributed by atoms with van der Waals surface area (Å²) in [6, 6.07) is 6.64. The highest BCUT2D eigenvalue weighted by Crippen LogP contribution is 2.18. The summed E-state index contributed by atoms with van der Waals surface area (Å²) >= 11 is 1.64. The lowest BCUT2D eigenvalue weighted by Gasteiger charge is -2.35. The molecule has 1 aromatic carbocycles. The number of hydrogen-bond donors (Lipinski definition) is 2. The Labute approximate surface area is 157 Å². The van der Waals surface area contributed by atoms with E-state index >= 15 is 0 Å². The Hall–Kier alpha value is -2.17.